The average Bonchev–Trinajstić information content (AvgIpc) is 2.57. The molecule has 0 saturated heterocycles. The first-order chi connectivity index (χ1) is 11.0. The number of benzene rings is 1. The van der Waals surface area contributed by atoms with Crippen molar-refractivity contribution in [1.29, 1.82) is 0 Å². The minimum Gasteiger partial charge on any atom is -0.355 e. The quantitative estimate of drug-likeness (QED) is 0.410. The topological polar surface area (TPSA) is 65.5 Å². The Kier molecular flexibility index (Phi) is 8.16. The molecule has 5 nitrogen and oxygen atoms in total. The number of aliphatic imine (C=N–C) groups is 1. The standard InChI is InChI=1S/C18H30N4O/c1-13(2)17(23)20-11-12-21-18(19-5)22-15(4)14(3)16-9-7-6-8-10-16/h6-10,13-15H,11-12H2,1-5H3,(H,20,23)(H2,19,21,22). The lowest BCUT2D eigenvalue weighted by atomic mass is 9.94. The van der Waals surface area contributed by atoms with Crippen LogP contribution >= 0.6 is 0 Å². The predicted molar refractivity (Wildman–Crippen MR) is 96.7 cm³/mol. The van der Waals surface area contributed by atoms with E-state index in [1.165, 1.54) is 5.56 Å². The van der Waals surface area contributed by atoms with Crippen LogP contribution in [0.5, 0.6) is 0 Å². The smallest absolute Gasteiger partial charge is 0.222 e. The summed E-state index contributed by atoms with van der Waals surface area (Å²) in [5.74, 6) is 1.20. The number of guanidine groups is 1. The van der Waals surface area contributed by atoms with Crippen molar-refractivity contribution in [1.82, 2.24) is 16.0 Å². The fourth-order valence-corrected chi connectivity index (χ4v) is 2.15. The van der Waals surface area contributed by atoms with Gasteiger partial charge in [0, 0.05) is 38.0 Å². The van der Waals surface area contributed by atoms with E-state index in [4.69, 9.17) is 0 Å². The van der Waals surface area contributed by atoms with Gasteiger partial charge in [0.1, 0.15) is 0 Å². The summed E-state index contributed by atoms with van der Waals surface area (Å²) in [7, 11) is 1.75. The zero-order valence-electron chi connectivity index (χ0n) is 14.9. The number of nitrogens with zero attached hydrogens (tertiary/aromatic N) is 1. The van der Waals surface area contributed by atoms with Gasteiger partial charge in [-0.25, -0.2) is 0 Å². The van der Waals surface area contributed by atoms with E-state index in [0.29, 0.717) is 19.0 Å². The lowest BCUT2D eigenvalue weighted by Gasteiger charge is -2.24. The molecule has 0 spiro atoms. The summed E-state index contributed by atoms with van der Waals surface area (Å²) in [4.78, 5) is 15.7. The Morgan fingerprint density at radius 3 is 2.22 bits per heavy atom. The van der Waals surface area contributed by atoms with Gasteiger partial charge in [-0.3, -0.25) is 9.79 Å². The van der Waals surface area contributed by atoms with Crippen molar-refractivity contribution < 1.29 is 4.79 Å². The van der Waals surface area contributed by atoms with Crippen molar-refractivity contribution >= 4 is 11.9 Å². The van der Waals surface area contributed by atoms with Crippen molar-refractivity contribution in [3.05, 3.63) is 35.9 Å². The van der Waals surface area contributed by atoms with E-state index in [-0.39, 0.29) is 17.9 Å². The van der Waals surface area contributed by atoms with Gasteiger partial charge < -0.3 is 16.0 Å². The lowest BCUT2D eigenvalue weighted by molar-refractivity contribution is -0.123. The van der Waals surface area contributed by atoms with Crippen molar-refractivity contribution in [2.24, 2.45) is 10.9 Å². The van der Waals surface area contributed by atoms with Crippen LogP contribution in [-0.2, 0) is 4.79 Å². The molecule has 1 aromatic rings. The molecule has 3 N–H and O–H groups in total. The van der Waals surface area contributed by atoms with E-state index < -0.39 is 0 Å². The van der Waals surface area contributed by atoms with Crippen LogP contribution in [0.4, 0.5) is 0 Å². The summed E-state index contributed by atoms with van der Waals surface area (Å²) < 4.78 is 0. The highest BCUT2D eigenvalue weighted by atomic mass is 16.1. The molecule has 0 radical (unpaired) electrons. The third-order valence-electron chi connectivity index (χ3n) is 3.90. The molecule has 0 heterocycles. The Labute approximate surface area is 140 Å². The van der Waals surface area contributed by atoms with Gasteiger partial charge >= 0.3 is 0 Å². The third-order valence-corrected chi connectivity index (χ3v) is 3.90. The molecule has 2 unspecified atom stereocenters. The van der Waals surface area contributed by atoms with Crippen LogP contribution in [0.1, 0.15) is 39.2 Å². The summed E-state index contributed by atoms with van der Waals surface area (Å²) in [6.45, 7) is 9.34. The fourth-order valence-electron chi connectivity index (χ4n) is 2.15. The molecule has 0 bridgehead atoms. The van der Waals surface area contributed by atoms with Crippen molar-refractivity contribution in [3.8, 4) is 0 Å². The minimum absolute atomic E-state index is 0.0131. The summed E-state index contributed by atoms with van der Waals surface area (Å²) >= 11 is 0. The van der Waals surface area contributed by atoms with Crippen LogP contribution in [0, 0.1) is 5.92 Å². The van der Waals surface area contributed by atoms with Gasteiger partial charge in [0.2, 0.25) is 5.91 Å². The summed E-state index contributed by atoms with van der Waals surface area (Å²) in [6.07, 6.45) is 0. The van der Waals surface area contributed by atoms with E-state index in [2.05, 4.69) is 59.1 Å². The Morgan fingerprint density at radius 2 is 1.65 bits per heavy atom. The predicted octanol–water partition coefficient (Wildman–Crippen LogP) is 2.12. The zero-order chi connectivity index (χ0) is 17.2. The maximum Gasteiger partial charge on any atom is 0.222 e. The number of carbonyl (C=O) groups excluding carboxylic acids is 1. The molecule has 1 rings (SSSR count). The van der Waals surface area contributed by atoms with E-state index in [1.54, 1.807) is 7.05 Å². The maximum absolute atomic E-state index is 11.5. The Bertz CT molecular complexity index is 499. The summed E-state index contributed by atoms with van der Waals surface area (Å²) in [5.41, 5.74) is 1.30. The highest BCUT2D eigenvalue weighted by molar-refractivity contribution is 5.80. The molecule has 0 aliphatic rings. The number of rotatable bonds is 7. The lowest BCUT2D eigenvalue weighted by Crippen LogP contribution is -2.46. The molecule has 0 saturated carbocycles. The first-order valence-electron chi connectivity index (χ1n) is 8.25. The second-order valence-electron chi connectivity index (χ2n) is 6.08. The van der Waals surface area contributed by atoms with Crippen molar-refractivity contribution in [2.75, 3.05) is 20.1 Å². The molecular weight excluding hydrogens is 288 g/mol. The Hall–Kier alpha value is -2.04. The first kappa shape index (κ1) is 19.0. The SMILES string of the molecule is CN=C(NCCNC(=O)C(C)C)NC(C)C(C)c1ccccc1. The molecule has 128 valence electrons. The largest absolute Gasteiger partial charge is 0.355 e. The van der Waals surface area contributed by atoms with Crippen LogP contribution in [-0.4, -0.2) is 38.0 Å². The molecule has 23 heavy (non-hydrogen) atoms. The van der Waals surface area contributed by atoms with E-state index >= 15 is 0 Å². The van der Waals surface area contributed by atoms with Crippen LogP contribution in [0.15, 0.2) is 35.3 Å². The average molecular weight is 318 g/mol. The first-order valence-corrected chi connectivity index (χ1v) is 8.25. The molecule has 5 heteroatoms. The van der Waals surface area contributed by atoms with Gasteiger partial charge in [0.15, 0.2) is 5.96 Å². The van der Waals surface area contributed by atoms with Crippen molar-refractivity contribution in [2.45, 2.75) is 39.7 Å². The molecule has 0 aliphatic carbocycles. The Morgan fingerprint density at radius 1 is 1.04 bits per heavy atom. The van der Waals surface area contributed by atoms with Gasteiger partial charge in [-0.2, -0.15) is 0 Å². The monoisotopic (exact) mass is 318 g/mol. The number of carbonyl (C=O) groups is 1. The van der Waals surface area contributed by atoms with Gasteiger partial charge in [-0.1, -0.05) is 51.1 Å². The number of amides is 1. The third kappa shape index (κ3) is 6.72. The molecule has 0 aliphatic heterocycles. The molecule has 1 aromatic carbocycles. The zero-order valence-corrected chi connectivity index (χ0v) is 14.9. The van der Waals surface area contributed by atoms with Crippen LogP contribution in [0.3, 0.4) is 0 Å². The van der Waals surface area contributed by atoms with Crippen LogP contribution < -0.4 is 16.0 Å². The second-order valence-corrected chi connectivity index (χ2v) is 6.08. The normalized spacial score (nSPS) is 14.3. The molecular formula is C18H30N4O. The van der Waals surface area contributed by atoms with E-state index in [0.717, 1.165) is 5.96 Å². The molecule has 2 atom stereocenters. The molecule has 1 amide bonds. The summed E-state index contributed by atoms with van der Waals surface area (Å²) in [6, 6.07) is 10.7. The number of nitrogens with one attached hydrogen (secondary N) is 3. The molecule has 0 aromatic heterocycles. The van der Waals surface area contributed by atoms with E-state index in [9.17, 15) is 4.79 Å². The summed E-state index contributed by atoms with van der Waals surface area (Å²) in [5, 5.41) is 9.51. The van der Waals surface area contributed by atoms with Gasteiger partial charge in [0.05, 0.1) is 0 Å². The Balaban J connectivity index is 2.40. The van der Waals surface area contributed by atoms with E-state index in [1.807, 2.05) is 19.9 Å². The maximum atomic E-state index is 11.5. The molecule has 0 fully saturated rings. The van der Waals surface area contributed by atoms with Crippen molar-refractivity contribution in [3.63, 3.8) is 0 Å². The highest BCUT2D eigenvalue weighted by Gasteiger charge is 2.15. The minimum atomic E-state index is 0.0131. The van der Waals surface area contributed by atoms with Gasteiger partial charge in [-0.05, 0) is 12.5 Å². The fraction of sp³-hybridized carbons (Fsp3) is 0.556. The number of hydrogen-bond acceptors (Lipinski definition) is 2. The highest BCUT2D eigenvalue weighted by Crippen LogP contribution is 2.18. The van der Waals surface area contributed by atoms with Crippen LogP contribution in [0.25, 0.3) is 0 Å². The van der Waals surface area contributed by atoms with Crippen LogP contribution in [0.2, 0.25) is 0 Å². The second kappa shape index (κ2) is 9.87. The number of hydrogen-bond donors (Lipinski definition) is 3. The van der Waals surface area contributed by atoms with Gasteiger partial charge in [0.25, 0.3) is 0 Å². The van der Waals surface area contributed by atoms with Gasteiger partial charge in [-0.15, -0.1) is 0 Å².